The first-order chi connectivity index (χ1) is 32.9. The molecule has 1 N–H and O–H groups in total. The molecule has 4 fully saturated rings. The third kappa shape index (κ3) is 6.29. The van der Waals surface area contributed by atoms with Crippen LogP contribution >= 0.6 is 0 Å². The third-order valence-electron chi connectivity index (χ3n) is 15.6. The second-order valence-corrected chi connectivity index (χ2v) is 20.3. The highest BCUT2D eigenvalue weighted by Crippen LogP contribution is 2.55. The van der Waals surface area contributed by atoms with Crippen LogP contribution in [-0.4, -0.2) is 72.8 Å². The highest BCUT2D eigenvalue weighted by Gasteiger charge is 2.53. The number of pyridine rings is 1. The molecule has 13 rings (SSSR count). The molecule has 17 heteroatoms. The van der Waals surface area contributed by atoms with E-state index in [-0.39, 0.29) is 40.9 Å². The van der Waals surface area contributed by atoms with Crippen molar-refractivity contribution < 1.29 is 22.8 Å². The standard InChI is InChI=1S/C51H50F2N10O5/c1-28-42-38(15-19-59(28)46(64)36-27-58-26-31(30-16-22-67-50(2,3)24-30)9-12-40(58)43(36)51(17-18-51)47-55-48(65)68-57-47)56-63(33-10-11-37(52)34(23-33)29-7-8-29)45(42)61-21-20-60(49(61)66)41-14-13-39-35(44(41)53)25-54-62(39)32-5-4-6-32/h9-14,20-21,23,25-30,32H,4-8,15-19,22,24H2,1-3H3,(H,55,57,65)/t28-,30-/m0/s1. The van der Waals surface area contributed by atoms with Crippen molar-refractivity contribution >= 4 is 22.3 Å². The molecule has 68 heavy (non-hydrogen) atoms. The fraction of sp³-hybridized carbons (Fsp3) is 0.412. The molecule has 0 unspecified atom stereocenters. The normalized spacial score (nSPS) is 21.1. The Hall–Kier alpha value is -6.88. The van der Waals surface area contributed by atoms with Gasteiger partial charge in [-0.1, -0.05) is 11.2 Å². The Labute approximate surface area is 387 Å². The number of imidazole rings is 1. The van der Waals surface area contributed by atoms with Gasteiger partial charge in [0.25, 0.3) is 5.91 Å². The Morgan fingerprint density at radius 3 is 2.47 bits per heavy atom. The molecule has 2 aromatic carbocycles. The molecule has 6 aromatic heterocycles. The summed E-state index contributed by atoms with van der Waals surface area (Å²) in [4.78, 5) is 47.4. The number of H-pyrrole nitrogens is 1. The van der Waals surface area contributed by atoms with Gasteiger partial charge in [-0.25, -0.2) is 23.1 Å². The molecule has 0 radical (unpaired) electrons. The fourth-order valence-corrected chi connectivity index (χ4v) is 11.6. The van der Waals surface area contributed by atoms with Crippen LogP contribution in [0.1, 0.15) is 147 Å². The minimum absolute atomic E-state index is 0.0800. The Morgan fingerprint density at radius 1 is 0.926 bits per heavy atom. The van der Waals surface area contributed by atoms with Crippen molar-refractivity contribution in [2.45, 2.75) is 120 Å². The summed E-state index contributed by atoms with van der Waals surface area (Å²) in [5.74, 6) is -0.608. The number of halogens is 2. The van der Waals surface area contributed by atoms with Gasteiger partial charge in [-0.15, -0.1) is 0 Å². The summed E-state index contributed by atoms with van der Waals surface area (Å²) in [7, 11) is 0. The number of amides is 1. The van der Waals surface area contributed by atoms with Gasteiger partial charge in [-0.3, -0.25) is 28.1 Å². The third-order valence-corrected chi connectivity index (χ3v) is 15.6. The minimum atomic E-state index is -0.749. The number of hydrogen-bond donors (Lipinski definition) is 1. The van der Waals surface area contributed by atoms with Crippen LogP contribution < -0.4 is 11.4 Å². The number of hydrogen-bond acceptors (Lipinski definition) is 8. The van der Waals surface area contributed by atoms with E-state index < -0.39 is 28.7 Å². The Morgan fingerprint density at radius 2 is 1.74 bits per heavy atom. The van der Waals surface area contributed by atoms with E-state index in [0.717, 1.165) is 61.6 Å². The van der Waals surface area contributed by atoms with Crippen molar-refractivity contribution in [3.8, 4) is 17.2 Å². The number of fused-ring (bicyclic) bond motifs is 3. The second-order valence-electron chi connectivity index (χ2n) is 20.3. The molecule has 15 nitrogen and oxygen atoms in total. The van der Waals surface area contributed by atoms with Gasteiger partial charge >= 0.3 is 11.4 Å². The van der Waals surface area contributed by atoms with Crippen LogP contribution in [0.2, 0.25) is 0 Å². The van der Waals surface area contributed by atoms with Gasteiger partial charge in [0.1, 0.15) is 11.6 Å². The summed E-state index contributed by atoms with van der Waals surface area (Å²) in [6.45, 7) is 7.13. The lowest BCUT2D eigenvalue weighted by Gasteiger charge is -2.35. The highest BCUT2D eigenvalue weighted by molar-refractivity contribution is 5.99. The summed E-state index contributed by atoms with van der Waals surface area (Å²) in [5.41, 5.74) is 4.93. The van der Waals surface area contributed by atoms with Crippen LogP contribution in [-0.2, 0) is 16.6 Å². The number of rotatable bonds is 9. The first kappa shape index (κ1) is 41.3. The number of benzene rings is 2. The van der Waals surface area contributed by atoms with Gasteiger partial charge in [0.15, 0.2) is 11.6 Å². The SMILES string of the molecule is C[C@H]1c2c(nn(-c3ccc(F)c(C4CC4)c3)c2-n2ccn(-c3ccc4c(cnn4C4CCC4)c3F)c2=O)CCN1C(=O)c1cn2cc([C@H]3CCOC(C)(C)C3)ccc2c1C1(c2noc(=O)[nH]2)CC1. The molecule has 5 aliphatic rings. The lowest BCUT2D eigenvalue weighted by atomic mass is 9.84. The number of carbonyl (C=O) groups excluding carboxylic acids is 1. The van der Waals surface area contributed by atoms with Gasteiger partial charge in [0.05, 0.1) is 68.3 Å². The van der Waals surface area contributed by atoms with Crippen LogP contribution in [0.4, 0.5) is 8.78 Å². The van der Waals surface area contributed by atoms with Gasteiger partial charge in [0.2, 0.25) is 0 Å². The zero-order valence-electron chi connectivity index (χ0n) is 38.0. The van der Waals surface area contributed by atoms with Crippen LogP contribution in [0.25, 0.3) is 33.6 Å². The van der Waals surface area contributed by atoms with Gasteiger partial charge in [-0.2, -0.15) is 10.2 Å². The van der Waals surface area contributed by atoms with E-state index in [1.807, 2.05) is 33.2 Å². The van der Waals surface area contributed by atoms with Crippen molar-refractivity contribution in [2.75, 3.05) is 13.2 Å². The lowest BCUT2D eigenvalue weighted by Crippen LogP contribution is -2.40. The first-order valence-electron chi connectivity index (χ1n) is 23.9. The molecular formula is C51H50F2N10O5. The van der Waals surface area contributed by atoms with Crippen molar-refractivity contribution in [1.29, 1.82) is 0 Å². The maximum absolute atomic E-state index is 16.5. The smallest absolute Gasteiger partial charge is 0.376 e. The van der Waals surface area contributed by atoms with E-state index in [0.29, 0.717) is 83.0 Å². The molecule has 1 amide bonds. The molecule has 8 aromatic rings. The minimum Gasteiger partial charge on any atom is -0.376 e. The zero-order valence-corrected chi connectivity index (χ0v) is 38.0. The van der Waals surface area contributed by atoms with Crippen molar-refractivity contribution in [1.82, 2.24) is 48.1 Å². The van der Waals surface area contributed by atoms with E-state index >= 15 is 13.6 Å². The van der Waals surface area contributed by atoms with Crippen LogP contribution in [0.15, 0.2) is 87.6 Å². The molecular weight excluding hydrogens is 871 g/mol. The van der Waals surface area contributed by atoms with Gasteiger partial charge in [-0.05, 0) is 138 Å². The predicted molar refractivity (Wildman–Crippen MR) is 246 cm³/mol. The van der Waals surface area contributed by atoms with Gasteiger partial charge < -0.3 is 14.0 Å². The van der Waals surface area contributed by atoms with E-state index in [1.165, 1.54) is 21.4 Å². The predicted octanol–water partition coefficient (Wildman–Crippen LogP) is 8.49. The number of ether oxygens (including phenoxy) is 1. The molecule has 0 spiro atoms. The summed E-state index contributed by atoms with van der Waals surface area (Å²) < 4.78 is 51.3. The highest BCUT2D eigenvalue weighted by atomic mass is 19.1. The average Bonchev–Trinajstić information content (AvgIpc) is 4.03. The van der Waals surface area contributed by atoms with Crippen molar-refractivity contribution in [2.24, 2.45) is 0 Å². The number of carbonyl (C=O) groups is 1. The molecule has 348 valence electrons. The van der Waals surface area contributed by atoms with Crippen molar-refractivity contribution in [3.05, 3.63) is 145 Å². The summed E-state index contributed by atoms with van der Waals surface area (Å²) in [5, 5.41) is 14.1. The first-order valence-corrected chi connectivity index (χ1v) is 23.9. The maximum atomic E-state index is 16.5. The molecule has 3 saturated carbocycles. The molecule has 1 saturated heterocycles. The number of aromatic nitrogens is 9. The molecule has 8 heterocycles. The van der Waals surface area contributed by atoms with E-state index in [9.17, 15) is 9.59 Å². The van der Waals surface area contributed by atoms with Crippen LogP contribution in [0, 0.1) is 11.6 Å². The number of aromatic amines is 1. The lowest BCUT2D eigenvalue weighted by molar-refractivity contribution is -0.0593. The summed E-state index contributed by atoms with van der Waals surface area (Å²) in [6.07, 6.45) is 16.9. The monoisotopic (exact) mass is 920 g/mol. The second kappa shape index (κ2) is 14.8. The molecule has 3 aliphatic carbocycles. The maximum Gasteiger partial charge on any atom is 0.438 e. The Bertz CT molecular complexity index is 3500. The molecule has 2 atom stereocenters. The average molecular weight is 921 g/mol. The van der Waals surface area contributed by atoms with E-state index in [1.54, 1.807) is 35.3 Å². The van der Waals surface area contributed by atoms with Gasteiger partial charge in [0, 0.05) is 55.5 Å². The molecule has 2 aliphatic heterocycles. The largest absolute Gasteiger partial charge is 0.438 e. The quantitative estimate of drug-likeness (QED) is 0.151. The molecule has 0 bridgehead atoms. The Kier molecular flexibility index (Phi) is 9.00. The number of nitrogens with one attached hydrogen (secondary N) is 1. The Balaban J connectivity index is 0.934. The van der Waals surface area contributed by atoms with Crippen LogP contribution in [0.5, 0.6) is 0 Å². The summed E-state index contributed by atoms with van der Waals surface area (Å²) >= 11 is 0. The fourth-order valence-electron chi connectivity index (χ4n) is 11.6. The van der Waals surface area contributed by atoms with E-state index in [4.69, 9.17) is 14.4 Å². The topological polar surface area (TPSA) is 155 Å². The zero-order chi connectivity index (χ0) is 46.4. The number of nitrogens with zero attached hydrogens (tertiary/aromatic N) is 9. The van der Waals surface area contributed by atoms with Crippen LogP contribution in [0.3, 0.4) is 0 Å². The van der Waals surface area contributed by atoms with E-state index in [2.05, 4.69) is 47.4 Å². The van der Waals surface area contributed by atoms with Crippen molar-refractivity contribution in [3.63, 3.8) is 0 Å². The summed E-state index contributed by atoms with van der Waals surface area (Å²) in [6, 6.07) is 12.2.